The van der Waals surface area contributed by atoms with Gasteiger partial charge in [-0.25, -0.2) is 19.2 Å². The first-order valence-electron chi connectivity index (χ1n) is 13.0. The summed E-state index contributed by atoms with van der Waals surface area (Å²) in [5, 5.41) is 3.54. The normalized spacial score (nSPS) is 20.6. The molecular weight excluding hydrogens is 489 g/mol. The van der Waals surface area contributed by atoms with Crippen LogP contribution in [0.15, 0.2) is 18.5 Å². The van der Waals surface area contributed by atoms with Crippen LogP contribution in [-0.2, 0) is 20.7 Å². The van der Waals surface area contributed by atoms with E-state index in [-0.39, 0.29) is 17.6 Å². The molecule has 0 spiro atoms. The number of primary amides is 1. The largest absolute Gasteiger partial charge is 0.434 e. The van der Waals surface area contributed by atoms with E-state index in [1.54, 1.807) is 22.4 Å². The van der Waals surface area contributed by atoms with Crippen molar-refractivity contribution in [2.45, 2.75) is 64.6 Å². The van der Waals surface area contributed by atoms with Crippen LogP contribution < -0.4 is 20.9 Å². The van der Waals surface area contributed by atoms with Crippen molar-refractivity contribution in [2.75, 3.05) is 29.4 Å². The molecule has 1 unspecified atom stereocenters. The molecule has 1 amide bonds. The number of hydrogen-bond acceptors (Lipinski definition) is 8. The van der Waals surface area contributed by atoms with E-state index < -0.39 is 23.9 Å². The minimum Gasteiger partial charge on any atom is -0.434 e. The molecule has 0 bridgehead atoms. The summed E-state index contributed by atoms with van der Waals surface area (Å²) >= 11 is 0. The average molecular weight is 522 g/mol. The van der Waals surface area contributed by atoms with Crippen molar-refractivity contribution < 1.29 is 18.7 Å². The van der Waals surface area contributed by atoms with Crippen LogP contribution in [0.1, 0.15) is 55.1 Å². The number of ether oxygens (including phenoxy) is 1. The Morgan fingerprint density at radius 2 is 1.95 bits per heavy atom. The third kappa shape index (κ3) is 4.14. The fourth-order valence-corrected chi connectivity index (χ4v) is 5.66. The zero-order valence-corrected chi connectivity index (χ0v) is 22.0. The van der Waals surface area contributed by atoms with E-state index >= 15 is 4.39 Å². The highest BCUT2D eigenvalue weighted by molar-refractivity contribution is 6.31. The van der Waals surface area contributed by atoms with Crippen molar-refractivity contribution in [1.82, 2.24) is 19.7 Å². The number of anilines is 3. The summed E-state index contributed by atoms with van der Waals surface area (Å²) < 4.78 is 23.4. The molecule has 0 aromatic carbocycles. The number of nitrogens with one attached hydrogen (secondary N) is 1. The summed E-state index contributed by atoms with van der Waals surface area (Å²) in [5.41, 5.74) is 9.76. The summed E-state index contributed by atoms with van der Waals surface area (Å²) in [4.78, 5) is 37.4. The maximum Gasteiger partial charge on any atom is 0.398 e. The van der Waals surface area contributed by atoms with Crippen LogP contribution in [-0.4, -0.2) is 57.6 Å². The first kappa shape index (κ1) is 24.6. The lowest BCUT2D eigenvalue weighted by atomic mass is 10.00. The van der Waals surface area contributed by atoms with E-state index in [9.17, 15) is 9.59 Å². The number of carbonyl (C=O) groups excluding carboxylic acids is 2. The van der Waals surface area contributed by atoms with Gasteiger partial charge in [0, 0.05) is 72.4 Å². The Morgan fingerprint density at radius 1 is 1.18 bits per heavy atom. The second-order valence-electron chi connectivity index (χ2n) is 11.2. The van der Waals surface area contributed by atoms with E-state index in [2.05, 4.69) is 35.1 Å². The first-order valence-corrected chi connectivity index (χ1v) is 13.0. The molecule has 3 N–H and O–H groups in total. The molecular formula is C27H32FN7O3. The van der Waals surface area contributed by atoms with E-state index in [0.29, 0.717) is 22.9 Å². The van der Waals surface area contributed by atoms with E-state index in [0.717, 1.165) is 55.1 Å². The van der Waals surface area contributed by atoms with E-state index in [1.165, 1.54) is 0 Å². The van der Waals surface area contributed by atoms with Gasteiger partial charge in [-0.15, -0.1) is 0 Å². The number of nitrogens with zero attached hydrogens (tertiary/aromatic N) is 5. The van der Waals surface area contributed by atoms with Gasteiger partial charge in [0.15, 0.2) is 12.0 Å². The van der Waals surface area contributed by atoms with Gasteiger partial charge >= 0.3 is 11.9 Å². The molecule has 5 heterocycles. The fourth-order valence-electron chi connectivity index (χ4n) is 5.66. The van der Waals surface area contributed by atoms with Crippen LogP contribution in [0.25, 0.3) is 5.65 Å². The van der Waals surface area contributed by atoms with Gasteiger partial charge in [0.25, 0.3) is 0 Å². The SMILES string of the molecule is Cc1cn2cc(N3c4nc(C5CC5)cc(N5CCNC(C)(C)C5)c4CC3OC(=O)C(N)=O)c(F)c(C)c2n1. The number of amides is 1. The van der Waals surface area contributed by atoms with Crippen LogP contribution >= 0.6 is 0 Å². The molecule has 1 aliphatic carbocycles. The number of imidazole rings is 1. The van der Waals surface area contributed by atoms with E-state index in [4.69, 9.17) is 15.5 Å². The minimum absolute atomic E-state index is 0.0994. The first-order chi connectivity index (χ1) is 18.0. The highest BCUT2D eigenvalue weighted by Crippen LogP contribution is 2.48. The van der Waals surface area contributed by atoms with Crippen molar-refractivity contribution in [3.8, 4) is 0 Å². The second kappa shape index (κ2) is 8.65. The zero-order chi connectivity index (χ0) is 26.9. The third-order valence-electron chi connectivity index (χ3n) is 7.61. The molecule has 1 saturated carbocycles. The van der Waals surface area contributed by atoms with Crippen molar-refractivity contribution in [3.63, 3.8) is 0 Å². The molecule has 0 radical (unpaired) electrons. The molecule has 38 heavy (non-hydrogen) atoms. The topological polar surface area (TPSA) is 118 Å². The number of pyridine rings is 2. The van der Waals surface area contributed by atoms with Crippen LogP contribution in [0.2, 0.25) is 0 Å². The lowest BCUT2D eigenvalue weighted by molar-refractivity contribution is -0.157. The van der Waals surface area contributed by atoms with E-state index in [1.807, 2.05) is 13.1 Å². The maximum atomic E-state index is 16.0. The summed E-state index contributed by atoms with van der Waals surface area (Å²) in [5.74, 6) is -1.97. The Kier molecular flexibility index (Phi) is 5.60. The summed E-state index contributed by atoms with van der Waals surface area (Å²) in [7, 11) is 0. The fraction of sp³-hybridized carbons (Fsp3) is 0.481. The van der Waals surface area contributed by atoms with Gasteiger partial charge in [0.1, 0.15) is 11.5 Å². The number of nitrogens with two attached hydrogens (primary N) is 1. The van der Waals surface area contributed by atoms with Crippen LogP contribution in [0.3, 0.4) is 0 Å². The lowest BCUT2D eigenvalue weighted by Gasteiger charge is -2.41. The number of aryl methyl sites for hydroxylation is 2. The lowest BCUT2D eigenvalue weighted by Crippen LogP contribution is -2.57. The summed E-state index contributed by atoms with van der Waals surface area (Å²) in [6.07, 6.45) is 4.80. The molecule has 11 heteroatoms. The Balaban J connectivity index is 1.54. The molecule has 2 aliphatic heterocycles. The Hall–Kier alpha value is -3.73. The molecule has 200 valence electrons. The Bertz CT molecular complexity index is 1480. The molecule has 6 rings (SSSR count). The number of hydrogen-bond donors (Lipinski definition) is 2. The number of esters is 1. The van der Waals surface area contributed by atoms with Gasteiger partial charge in [0.2, 0.25) is 0 Å². The average Bonchev–Trinajstić information content (AvgIpc) is 3.55. The summed E-state index contributed by atoms with van der Waals surface area (Å²) in [6.45, 7) is 10.2. The molecule has 1 atom stereocenters. The Morgan fingerprint density at radius 3 is 2.63 bits per heavy atom. The van der Waals surface area contributed by atoms with Crippen molar-refractivity contribution in [3.05, 3.63) is 46.8 Å². The second-order valence-corrected chi connectivity index (χ2v) is 11.2. The number of fused-ring (bicyclic) bond motifs is 2. The molecule has 3 aliphatic rings. The predicted octanol–water partition coefficient (Wildman–Crippen LogP) is 2.60. The molecule has 3 aromatic rings. The Labute approximate surface area is 220 Å². The maximum absolute atomic E-state index is 16.0. The predicted molar refractivity (Wildman–Crippen MR) is 140 cm³/mol. The van der Waals surface area contributed by atoms with Gasteiger partial charge in [0.05, 0.1) is 11.4 Å². The van der Waals surface area contributed by atoms with Gasteiger partial charge in [-0.05, 0) is 46.6 Å². The number of halogens is 1. The van der Waals surface area contributed by atoms with Crippen LogP contribution in [0.4, 0.5) is 21.6 Å². The third-order valence-corrected chi connectivity index (χ3v) is 7.61. The number of rotatable bonds is 4. The number of piperazine rings is 1. The minimum atomic E-state index is -1.20. The molecule has 10 nitrogen and oxygen atoms in total. The van der Waals surface area contributed by atoms with Crippen LogP contribution in [0, 0.1) is 19.7 Å². The summed E-state index contributed by atoms with van der Waals surface area (Å²) in [6, 6.07) is 2.14. The molecule has 3 aromatic heterocycles. The molecule has 1 saturated heterocycles. The van der Waals surface area contributed by atoms with Crippen LogP contribution in [0.5, 0.6) is 0 Å². The van der Waals surface area contributed by atoms with Gasteiger partial charge in [-0.2, -0.15) is 0 Å². The van der Waals surface area contributed by atoms with Gasteiger partial charge in [-0.1, -0.05) is 0 Å². The van der Waals surface area contributed by atoms with Crippen molar-refractivity contribution in [1.29, 1.82) is 0 Å². The quantitative estimate of drug-likeness (QED) is 0.397. The molecule has 2 fully saturated rings. The highest BCUT2D eigenvalue weighted by atomic mass is 19.1. The number of carbonyl (C=O) groups is 2. The van der Waals surface area contributed by atoms with Crippen molar-refractivity contribution >= 4 is 34.7 Å². The zero-order valence-electron chi connectivity index (χ0n) is 22.0. The smallest absolute Gasteiger partial charge is 0.398 e. The van der Waals surface area contributed by atoms with Crippen molar-refractivity contribution in [2.24, 2.45) is 5.73 Å². The standard InChI is InChI=1S/C27H32FN7O3/c1-14-11-34-12-20(22(28)15(2)24(34)31-14)35-21(38-26(37)23(29)36)9-17-19(33-8-7-30-27(3,4)13-33)10-18(16-5-6-16)32-25(17)35/h10-12,16,21,30H,5-9,13H2,1-4H3,(H2,29,36). The van der Waals surface area contributed by atoms with Gasteiger partial charge < -0.3 is 25.1 Å². The van der Waals surface area contributed by atoms with Gasteiger partial charge in [-0.3, -0.25) is 9.69 Å². The highest BCUT2D eigenvalue weighted by Gasteiger charge is 2.42. The monoisotopic (exact) mass is 521 g/mol. The number of aromatic nitrogens is 3.